The Bertz CT molecular complexity index is 726. The van der Waals surface area contributed by atoms with E-state index < -0.39 is 16.7 Å². The summed E-state index contributed by atoms with van der Waals surface area (Å²) in [6.07, 6.45) is 1.35. The third kappa shape index (κ3) is 4.16. The van der Waals surface area contributed by atoms with Gasteiger partial charge in [0.05, 0.1) is 10.9 Å². The zero-order valence-corrected chi connectivity index (χ0v) is 11.9. The molecule has 0 heterocycles. The van der Waals surface area contributed by atoms with Gasteiger partial charge in [-0.3, -0.25) is 10.1 Å². The van der Waals surface area contributed by atoms with E-state index in [0.717, 1.165) is 11.8 Å². The Morgan fingerprint density at radius 2 is 1.68 bits per heavy atom. The zero-order chi connectivity index (χ0) is 16.1. The SMILES string of the molecule is O=C([O-])/C(=C\c1ccc(F)cc1)Sc1ccc([N+](=O)[O-])cc1. The number of benzene rings is 2. The number of thioether (sulfide) groups is 1. The maximum absolute atomic E-state index is 12.8. The predicted octanol–water partition coefficient (Wildman–Crippen LogP) is 2.62. The summed E-state index contributed by atoms with van der Waals surface area (Å²) in [5.74, 6) is -1.80. The molecule has 22 heavy (non-hydrogen) atoms. The van der Waals surface area contributed by atoms with Crippen LogP contribution in [0.3, 0.4) is 0 Å². The predicted molar refractivity (Wildman–Crippen MR) is 78.3 cm³/mol. The molecule has 2 aromatic carbocycles. The number of rotatable bonds is 5. The summed E-state index contributed by atoms with van der Waals surface area (Å²) in [7, 11) is 0. The molecular weight excluding hydrogens is 309 g/mol. The second-order valence-electron chi connectivity index (χ2n) is 4.20. The highest BCUT2D eigenvalue weighted by molar-refractivity contribution is 8.04. The van der Waals surface area contributed by atoms with Crippen molar-refractivity contribution < 1.29 is 19.2 Å². The van der Waals surface area contributed by atoms with E-state index >= 15 is 0 Å². The molecule has 0 saturated carbocycles. The van der Waals surface area contributed by atoms with Crippen molar-refractivity contribution in [3.8, 4) is 0 Å². The number of aliphatic carboxylic acids is 1. The van der Waals surface area contributed by atoms with Crippen LogP contribution >= 0.6 is 11.8 Å². The van der Waals surface area contributed by atoms with E-state index in [1.807, 2.05) is 0 Å². The fourth-order valence-electron chi connectivity index (χ4n) is 1.60. The van der Waals surface area contributed by atoms with E-state index in [-0.39, 0.29) is 10.6 Å². The summed E-state index contributed by atoms with van der Waals surface area (Å²) in [6, 6.07) is 10.8. The minimum Gasteiger partial charge on any atom is -0.544 e. The lowest BCUT2D eigenvalue weighted by atomic mass is 10.2. The van der Waals surface area contributed by atoms with Gasteiger partial charge < -0.3 is 9.90 Å². The van der Waals surface area contributed by atoms with Crippen LogP contribution in [0, 0.1) is 15.9 Å². The summed E-state index contributed by atoms with van der Waals surface area (Å²) in [5, 5.41) is 21.7. The average Bonchev–Trinajstić information content (AvgIpc) is 2.49. The number of hydrogen-bond acceptors (Lipinski definition) is 5. The first-order valence-corrected chi connectivity index (χ1v) is 6.88. The lowest BCUT2D eigenvalue weighted by molar-refractivity contribution is -0.384. The van der Waals surface area contributed by atoms with E-state index in [2.05, 4.69) is 0 Å². The third-order valence-electron chi connectivity index (χ3n) is 2.64. The standard InChI is InChI=1S/C15H10FNO4S/c16-11-3-1-10(2-4-11)9-14(15(18)19)22-13-7-5-12(6-8-13)17(20)21/h1-9H,(H,18,19)/p-1/b14-9+. The molecule has 112 valence electrons. The van der Waals surface area contributed by atoms with Gasteiger partial charge in [0.1, 0.15) is 5.82 Å². The highest BCUT2D eigenvalue weighted by Gasteiger charge is 2.07. The van der Waals surface area contributed by atoms with Crippen LogP contribution in [-0.2, 0) is 4.79 Å². The summed E-state index contributed by atoms with van der Waals surface area (Å²) >= 11 is 0.899. The molecule has 0 saturated heterocycles. The van der Waals surface area contributed by atoms with Crippen molar-refractivity contribution in [2.24, 2.45) is 0 Å². The largest absolute Gasteiger partial charge is 0.544 e. The monoisotopic (exact) mass is 318 g/mol. The van der Waals surface area contributed by atoms with Crippen LogP contribution in [0.2, 0.25) is 0 Å². The van der Waals surface area contributed by atoms with Crippen molar-refractivity contribution in [3.05, 3.63) is 74.9 Å². The van der Waals surface area contributed by atoms with Gasteiger partial charge in [0.25, 0.3) is 5.69 Å². The summed E-state index contributed by atoms with van der Waals surface area (Å²) in [4.78, 5) is 21.6. The summed E-state index contributed by atoms with van der Waals surface area (Å²) < 4.78 is 12.8. The second-order valence-corrected chi connectivity index (χ2v) is 5.32. The summed E-state index contributed by atoms with van der Waals surface area (Å²) in [6.45, 7) is 0. The lowest BCUT2D eigenvalue weighted by Crippen LogP contribution is -2.22. The maximum Gasteiger partial charge on any atom is 0.269 e. The van der Waals surface area contributed by atoms with Crippen molar-refractivity contribution in [3.63, 3.8) is 0 Å². The Kier molecular flexibility index (Phi) is 4.90. The van der Waals surface area contributed by atoms with Crippen LogP contribution in [0.1, 0.15) is 5.56 Å². The molecule has 0 N–H and O–H groups in total. The topological polar surface area (TPSA) is 83.3 Å². The maximum atomic E-state index is 12.8. The van der Waals surface area contributed by atoms with Crippen molar-refractivity contribution in [1.29, 1.82) is 0 Å². The molecule has 0 bridgehead atoms. The Balaban J connectivity index is 2.23. The summed E-state index contributed by atoms with van der Waals surface area (Å²) in [5.41, 5.74) is 0.428. The second kappa shape index (κ2) is 6.86. The van der Waals surface area contributed by atoms with E-state index in [1.54, 1.807) is 0 Å². The fraction of sp³-hybridized carbons (Fsp3) is 0. The molecule has 0 amide bonds. The van der Waals surface area contributed by atoms with E-state index in [0.29, 0.717) is 10.5 Å². The van der Waals surface area contributed by atoms with Gasteiger partial charge in [0.15, 0.2) is 0 Å². The number of halogens is 1. The van der Waals surface area contributed by atoms with Crippen LogP contribution in [0.5, 0.6) is 0 Å². The van der Waals surface area contributed by atoms with Crippen LogP contribution in [-0.4, -0.2) is 10.9 Å². The number of carboxylic acid groups (broad SMARTS) is 1. The molecule has 2 rings (SSSR count). The molecule has 0 aliphatic heterocycles. The molecule has 0 fully saturated rings. The Morgan fingerprint density at radius 1 is 1.09 bits per heavy atom. The molecule has 0 atom stereocenters. The number of non-ortho nitro benzene ring substituents is 1. The normalized spacial score (nSPS) is 11.2. The number of hydrogen-bond donors (Lipinski definition) is 0. The highest BCUT2D eigenvalue weighted by atomic mass is 32.2. The number of carbonyl (C=O) groups excluding carboxylic acids is 1. The molecule has 2 aromatic rings. The smallest absolute Gasteiger partial charge is 0.269 e. The molecule has 7 heteroatoms. The lowest BCUT2D eigenvalue weighted by Gasteiger charge is -2.08. The minimum atomic E-state index is -1.38. The van der Waals surface area contributed by atoms with Crippen molar-refractivity contribution in [1.82, 2.24) is 0 Å². The van der Waals surface area contributed by atoms with Gasteiger partial charge in [-0.1, -0.05) is 23.9 Å². The number of nitrogens with zero attached hydrogens (tertiary/aromatic N) is 1. The first-order chi connectivity index (χ1) is 10.5. The number of nitro benzene ring substituents is 1. The molecule has 0 aliphatic carbocycles. The van der Waals surface area contributed by atoms with Crippen LogP contribution in [0.4, 0.5) is 10.1 Å². The first kappa shape index (κ1) is 15.7. The van der Waals surface area contributed by atoms with Gasteiger partial charge in [-0.05, 0) is 35.9 Å². The van der Waals surface area contributed by atoms with Gasteiger partial charge in [-0.2, -0.15) is 0 Å². The van der Waals surface area contributed by atoms with E-state index in [4.69, 9.17) is 0 Å². The Morgan fingerprint density at radius 3 is 2.18 bits per heavy atom. The zero-order valence-electron chi connectivity index (χ0n) is 11.1. The molecule has 0 spiro atoms. The van der Waals surface area contributed by atoms with Crippen LogP contribution in [0.25, 0.3) is 6.08 Å². The highest BCUT2D eigenvalue weighted by Crippen LogP contribution is 2.29. The fourth-order valence-corrected chi connectivity index (χ4v) is 2.41. The first-order valence-electron chi connectivity index (χ1n) is 6.06. The number of nitro groups is 1. The van der Waals surface area contributed by atoms with Crippen LogP contribution < -0.4 is 5.11 Å². The average molecular weight is 318 g/mol. The van der Waals surface area contributed by atoms with Gasteiger partial charge in [-0.25, -0.2) is 4.39 Å². The molecule has 0 unspecified atom stereocenters. The molecule has 0 aromatic heterocycles. The Hall–Kier alpha value is -2.67. The molecule has 5 nitrogen and oxygen atoms in total. The quantitative estimate of drug-likeness (QED) is 0.366. The minimum absolute atomic E-state index is 0.0816. The van der Waals surface area contributed by atoms with Gasteiger partial charge in [0.2, 0.25) is 0 Å². The molecule has 0 aliphatic rings. The third-order valence-corrected chi connectivity index (χ3v) is 3.66. The number of carboxylic acids is 1. The molecular formula is C15H9FNO4S-. The molecule has 0 radical (unpaired) electrons. The van der Waals surface area contributed by atoms with Gasteiger partial charge in [0, 0.05) is 21.9 Å². The Labute approximate surface area is 129 Å². The van der Waals surface area contributed by atoms with E-state index in [1.165, 1.54) is 54.6 Å². The van der Waals surface area contributed by atoms with Crippen molar-refractivity contribution >= 4 is 29.5 Å². The van der Waals surface area contributed by atoms with Gasteiger partial charge in [-0.15, -0.1) is 0 Å². The van der Waals surface area contributed by atoms with Crippen molar-refractivity contribution in [2.75, 3.05) is 0 Å². The van der Waals surface area contributed by atoms with Crippen LogP contribution in [0.15, 0.2) is 58.3 Å². The number of carbonyl (C=O) groups is 1. The van der Waals surface area contributed by atoms with Crippen molar-refractivity contribution in [2.45, 2.75) is 4.90 Å². The van der Waals surface area contributed by atoms with E-state index in [9.17, 15) is 24.4 Å². The van der Waals surface area contributed by atoms with Gasteiger partial charge >= 0.3 is 0 Å².